The molecule has 0 amide bonds. The fourth-order valence-corrected chi connectivity index (χ4v) is 0.438. The van der Waals surface area contributed by atoms with E-state index in [4.69, 9.17) is 16.3 Å². The molecule has 70 valence electrons. The number of quaternary nitrogens is 1. The van der Waals surface area contributed by atoms with Gasteiger partial charge in [0.05, 0.1) is 21.1 Å². The minimum atomic E-state index is -1.05. The Morgan fingerprint density at radius 3 is 2.25 bits per heavy atom. The minimum absolute atomic E-state index is 0.328. The first-order valence-electron chi connectivity index (χ1n) is 3.56. The van der Waals surface area contributed by atoms with Gasteiger partial charge in [-0.2, -0.15) is 0 Å². The summed E-state index contributed by atoms with van der Waals surface area (Å²) in [5, 5.41) is -1.05. The number of rotatable bonds is 3. The summed E-state index contributed by atoms with van der Waals surface area (Å²) >= 11 is 5.97. The molecule has 0 aromatic heterocycles. The molecular formula is C8H15ClNO2+. The molecule has 0 radical (unpaired) electrons. The Morgan fingerprint density at radius 1 is 1.58 bits per heavy atom. The lowest BCUT2D eigenvalue weighted by molar-refractivity contribution is -0.928. The summed E-state index contributed by atoms with van der Waals surface area (Å²) in [6, 6.07) is 0. The van der Waals surface area contributed by atoms with Crippen LogP contribution in [0.25, 0.3) is 0 Å². The SMILES string of the molecule is C=CC(=O)OC(C)(Cl)[N+](C)(C)C. The van der Waals surface area contributed by atoms with E-state index in [-0.39, 0.29) is 0 Å². The minimum Gasteiger partial charge on any atom is -0.392 e. The topological polar surface area (TPSA) is 26.3 Å². The Bertz CT molecular complexity index is 194. The van der Waals surface area contributed by atoms with Crippen LogP contribution < -0.4 is 0 Å². The van der Waals surface area contributed by atoms with Gasteiger partial charge < -0.3 is 4.74 Å². The van der Waals surface area contributed by atoms with Crippen molar-refractivity contribution in [1.82, 2.24) is 0 Å². The molecule has 0 spiro atoms. The Morgan fingerprint density at radius 2 is 2.00 bits per heavy atom. The third kappa shape index (κ3) is 2.83. The highest BCUT2D eigenvalue weighted by molar-refractivity contribution is 6.22. The Labute approximate surface area is 78.2 Å². The van der Waals surface area contributed by atoms with Gasteiger partial charge in [0, 0.05) is 13.0 Å². The number of hydrogen-bond acceptors (Lipinski definition) is 2. The molecule has 0 aromatic rings. The Balaban J connectivity index is 4.43. The van der Waals surface area contributed by atoms with Crippen LogP contribution in [0.5, 0.6) is 0 Å². The van der Waals surface area contributed by atoms with Crippen LogP contribution >= 0.6 is 11.6 Å². The Kier molecular flexibility index (Phi) is 3.30. The zero-order valence-electron chi connectivity index (χ0n) is 7.93. The molecule has 0 aliphatic rings. The van der Waals surface area contributed by atoms with Crippen molar-refractivity contribution in [2.24, 2.45) is 0 Å². The zero-order valence-corrected chi connectivity index (χ0v) is 8.68. The van der Waals surface area contributed by atoms with Crippen molar-refractivity contribution in [3.63, 3.8) is 0 Å². The molecule has 0 fully saturated rings. The first kappa shape index (κ1) is 11.5. The molecular weight excluding hydrogens is 178 g/mol. The maximum Gasteiger partial charge on any atom is 0.335 e. The van der Waals surface area contributed by atoms with E-state index in [1.165, 1.54) is 0 Å². The third-order valence-corrected chi connectivity index (χ3v) is 2.24. The summed E-state index contributed by atoms with van der Waals surface area (Å²) in [5.41, 5.74) is 0. The highest BCUT2D eigenvalue weighted by atomic mass is 35.5. The fourth-order valence-electron chi connectivity index (χ4n) is 0.362. The molecule has 3 nitrogen and oxygen atoms in total. The van der Waals surface area contributed by atoms with Gasteiger partial charge in [0.25, 0.3) is 0 Å². The number of carbonyl (C=O) groups excluding carboxylic acids is 1. The van der Waals surface area contributed by atoms with Crippen LogP contribution in [0.3, 0.4) is 0 Å². The van der Waals surface area contributed by atoms with Crippen molar-refractivity contribution < 1.29 is 14.0 Å². The van der Waals surface area contributed by atoms with Crippen LogP contribution in [-0.2, 0) is 9.53 Å². The molecule has 0 bridgehead atoms. The van der Waals surface area contributed by atoms with Crippen molar-refractivity contribution in [2.75, 3.05) is 21.1 Å². The highest BCUT2D eigenvalue weighted by Crippen LogP contribution is 2.24. The molecule has 0 rings (SSSR count). The molecule has 0 heterocycles. The van der Waals surface area contributed by atoms with E-state index < -0.39 is 11.2 Å². The summed E-state index contributed by atoms with van der Waals surface area (Å²) in [5.74, 6) is -0.513. The van der Waals surface area contributed by atoms with Gasteiger partial charge >= 0.3 is 11.2 Å². The molecule has 1 atom stereocenters. The van der Waals surface area contributed by atoms with Gasteiger partial charge in [-0.15, -0.1) is 0 Å². The maximum atomic E-state index is 10.8. The molecule has 0 saturated heterocycles. The number of ether oxygens (including phenoxy) is 1. The van der Waals surface area contributed by atoms with Crippen LogP contribution in [0.1, 0.15) is 6.92 Å². The molecule has 4 heteroatoms. The average molecular weight is 193 g/mol. The highest BCUT2D eigenvalue weighted by Gasteiger charge is 2.39. The van der Waals surface area contributed by atoms with Crippen LogP contribution in [0.2, 0.25) is 0 Å². The van der Waals surface area contributed by atoms with Crippen molar-refractivity contribution >= 4 is 17.6 Å². The summed E-state index contributed by atoms with van der Waals surface area (Å²) < 4.78 is 5.26. The van der Waals surface area contributed by atoms with Crippen LogP contribution in [0, 0.1) is 0 Å². The van der Waals surface area contributed by atoms with E-state index in [9.17, 15) is 4.79 Å². The van der Waals surface area contributed by atoms with Gasteiger partial charge in [0.15, 0.2) is 0 Å². The Hall–Kier alpha value is -0.540. The first-order valence-corrected chi connectivity index (χ1v) is 3.94. The smallest absolute Gasteiger partial charge is 0.335 e. The standard InChI is InChI=1S/C8H15ClNO2/c1-6-7(11)12-8(2,9)10(3,4)5/h6H,1H2,2-5H3/q+1. The summed E-state index contributed by atoms with van der Waals surface area (Å²) in [4.78, 5) is 10.8. The lowest BCUT2D eigenvalue weighted by Gasteiger charge is -2.36. The second-order valence-corrected chi connectivity index (χ2v) is 4.21. The fraction of sp³-hybridized carbons (Fsp3) is 0.625. The third-order valence-electron chi connectivity index (χ3n) is 1.65. The van der Waals surface area contributed by atoms with E-state index in [0.717, 1.165) is 6.08 Å². The number of esters is 1. The molecule has 0 aliphatic carbocycles. The average Bonchev–Trinajstić information content (AvgIpc) is 1.84. The van der Waals surface area contributed by atoms with Crippen molar-refractivity contribution in [3.05, 3.63) is 12.7 Å². The number of halogens is 1. The van der Waals surface area contributed by atoms with Gasteiger partial charge in [-0.3, -0.25) is 4.48 Å². The van der Waals surface area contributed by atoms with E-state index in [2.05, 4.69) is 6.58 Å². The predicted molar refractivity (Wildman–Crippen MR) is 48.6 cm³/mol. The van der Waals surface area contributed by atoms with Gasteiger partial charge in [-0.1, -0.05) is 6.58 Å². The molecule has 0 N–H and O–H groups in total. The lowest BCUT2D eigenvalue weighted by atomic mass is 10.5. The van der Waals surface area contributed by atoms with E-state index in [1.54, 1.807) is 6.92 Å². The predicted octanol–water partition coefficient (Wildman–Crippen LogP) is 1.33. The van der Waals surface area contributed by atoms with E-state index >= 15 is 0 Å². The summed E-state index contributed by atoms with van der Waals surface area (Å²) in [6.07, 6.45) is 1.09. The molecule has 12 heavy (non-hydrogen) atoms. The van der Waals surface area contributed by atoms with Gasteiger partial charge in [-0.25, -0.2) is 4.79 Å². The maximum absolute atomic E-state index is 10.8. The lowest BCUT2D eigenvalue weighted by Crippen LogP contribution is -2.53. The molecule has 0 aromatic carbocycles. The summed E-state index contributed by atoms with van der Waals surface area (Å²) in [6.45, 7) is 4.92. The quantitative estimate of drug-likeness (QED) is 0.169. The number of hydrogen-bond donors (Lipinski definition) is 0. The molecule has 0 saturated carbocycles. The largest absolute Gasteiger partial charge is 0.392 e. The van der Waals surface area contributed by atoms with Crippen molar-refractivity contribution in [2.45, 2.75) is 12.1 Å². The molecule has 1 unspecified atom stereocenters. The van der Waals surface area contributed by atoms with Crippen LogP contribution in [-0.4, -0.2) is 36.8 Å². The number of nitrogens with zero attached hydrogens (tertiary/aromatic N) is 1. The van der Waals surface area contributed by atoms with Crippen LogP contribution in [0.4, 0.5) is 0 Å². The number of alkyl halides is 1. The van der Waals surface area contributed by atoms with Crippen molar-refractivity contribution in [3.8, 4) is 0 Å². The second-order valence-electron chi connectivity index (χ2n) is 3.51. The first-order chi connectivity index (χ1) is 5.20. The monoisotopic (exact) mass is 192 g/mol. The van der Waals surface area contributed by atoms with E-state index in [0.29, 0.717) is 4.48 Å². The zero-order chi connectivity index (χ0) is 9.99. The van der Waals surface area contributed by atoms with Gasteiger partial charge in [0.2, 0.25) is 0 Å². The van der Waals surface area contributed by atoms with Gasteiger partial charge in [0.1, 0.15) is 0 Å². The van der Waals surface area contributed by atoms with Crippen molar-refractivity contribution in [1.29, 1.82) is 0 Å². The molecule has 0 aliphatic heterocycles. The number of carbonyl (C=O) groups is 1. The van der Waals surface area contributed by atoms with E-state index in [1.807, 2.05) is 21.1 Å². The van der Waals surface area contributed by atoms with Crippen LogP contribution in [0.15, 0.2) is 12.7 Å². The normalized spacial score (nSPS) is 16.4. The summed E-state index contributed by atoms with van der Waals surface area (Å²) in [7, 11) is 5.51. The second kappa shape index (κ2) is 3.46. The van der Waals surface area contributed by atoms with Gasteiger partial charge in [-0.05, 0) is 11.6 Å².